The third kappa shape index (κ3) is 3.18. The lowest BCUT2D eigenvalue weighted by Crippen LogP contribution is -2.25. The van der Waals surface area contributed by atoms with Crippen LogP contribution < -0.4 is 5.06 Å². The van der Waals surface area contributed by atoms with Gasteiger partial charge in [0.1, 0.15) is 6.61 Å². The first-order chi connectivity index (χ1) is 6.74. The highest BCUT2D eigenvalue weighted by molar-refractivity contribution is 5.76. The summed E-state index contributed by atoms with van der Waals surface area (Å²) in [7, 11) is 0. The molecule has 0 spiro atoms. The molecule has 0 amide bonds. The quantitative estimate of drug-likeness (QED) is 0.670. The maximum absolute atomic E-state index is 10.7. The van der Waals surface area contributed by atoms with E-state index < -0.39 is 0 Å². The summed E-state index contributed by atoms with van der Waals surface area (Å²) in [5.74, 6) is 0.0272. The maximum Gasteiger partial charge on any atom is 0.158 e. The van der Waals surface area contributed by atoms with Crippen LogP contribution in [0.4, 0.5) is 5.69 Å². The van der Waals surface area contributed by atoms with Crippen LogP contribution in [0, 0.1) is 0 Å². The number of Topliss-reactive ketones (excluding diaryl/α,β-unsaturated/α-hetero) is 1. The first-order valence-electron chi connectivity index (χ1n) is 4.69. The summed E-state index contributed by atoms with van der Waals surface area (Å²) >= 11 is 0. The third-order valence-corrected chi connectivity index (χ3v) is 1.76. The predicted molar refractivity (Wildman–Crippen MR) is 56.1 cm³/mol. The Hall–Kier alpha value is -1.35. The minimum Gasteiger partial charge on any atom is -0.297 e. The summed E-state index contributed by atoms with van der Waals surface area (Å²) in [5, 5.41) is 1.71. The van der Waals surface area contributed by atoms with Crippen LogP contribution in [0.25, 0.3) is 0 Å². The molecule has 0 saturated carbocycles. The van der Waals surface area contributed by atoms with Gasteiger partial charge in [0.2, 0.25) is 0 Å². The van der Waals surface area contributed by atoms with Gasteiger partial charge in [-0.05, 0) is 26.0 Å². The maximum atomic E-state index is 10.7. The Morgan fingerprint density at radius 1 is 1.36 bits per heavy atom. The number of anilines is 1. The number of hydrogen-bond acceptors (Lipinski definition) is 3. The molecule has 3 heteroatoms. The zero-order valence-corrected chi connectivity index (χ0v) is 8.56. The molecule has 0 saturated heterocycles. The number of para-hydroxylation sites is 1. The Labute approximate surface area is 84.2 Å². The van der Waals surface area contributed by atoms with Crippen LogP contribution in [0.15, 0.2) is 30.3 Å². The molecule has 0 fully saturated rings. The van der Waals surface area contributed by atoms with Crippen molar-refractivity contribution in [2.75, 3.05) is 18.2 Å². The van der Waals surface area contributed by atoms with E-state index in [-0.39, 0.29) is 12.4 Å². The highest BCUT2D eigenvalue weighted by Gasteiger charge is 2.04. The summed E-state index contributed by atoms with van der Waals surface area (Å²) in [6.07, 6.45) is 0. The van der Waals surface area contributed by atoms with Crippen LogP contribution in [0.1, 0.15) is 13.8 Å². The van der Waals surface area contributed by atoms with Crippen LogP contribution in [0.5, 0.6) is 0 Å². The Morgan fingerprint density at radius 3 is 2.50 bits per heavy atom. The van der Waals surface area contributed by atoms with E-state index in [0.29, 0.717) is 0 Å². The molecule has 3 nitrogen and oxygen atoms in total. The molecule has 0 unspecified atom stereocenters. The van der Waals surface area contributed by atoms with Crippen LogP contribution in [-0.4, -0.2) is 18.9 Å². The summed E-state index contributed by atoms with van der Waals surface area (Å²) in [4.78, 5) is 16.1. The molecule has 0 bridgehead atoms. The van der Waals surface area contributed by atoms with Gasteiger partial charge in [0.15, 0.2) is 5.78 Å². The van der Waals surface area contributed by atoms with E-state index >= 15 is 0 Å². The molecule has 0 N–H and O–H groups in total. The van der Waals surface area contributed by atoms with Crippen LogP contribution in [0.3, 0.4) is 0 Å². The fourth-order valence-corrected chi connectivity index (χ4v) is 1.11. The van der Waals surface area contributed by atoms with E-state index in [1.807, 2.05) is 37.3 Å². The van der Waals surface area contributed by atoms with Gasteiger partial charge in [-0.25, -0.2) is 0 Å². The first-order valence-corrected chi connectivity index (χ1v) is 4.69. The fourth-order valence-electron chi connectivity index (χ4n) is 1.11. The molecule has 1 aromatic rings. The lowest BCUT2D eigenvalue weighted by Gasteiger charge is -2.21. The average molecular weight is 193 g/mol. The Morgan fingerprint density at radius 2 is 2.00 bits per heavy atom. The number of benzene rings is 1. The van der Waals surface area contributed by atoms with Crippen molar-refractivity contribution in [3.63, 3.8) is 0 Å². The highest BCUT2D eigenvalue weighted by Crippen LogP contribution is 2.12. The molecule has 14 heavy (non-hydrogen) atoms. The minimum atomic E-state index is 0.0272. The summed E-state index contributed by atoms with van der Waals surface area (Å²) in [5.41, 5.74) is 0.969. The van der Waals surface area contributed by atoms with E-state index in [2.05, 4.69) is 0 Å². The number of nitrogens with zero attached hydrogens (tertiary/aromatic N) is 1. The monoisotopic (exact) mass is 193 g/mol. The summed E-state index contributed by atoms with van der Waals surface area (Å²) in [6, 6.07) is 9.72. The SMILES string of the molecule is CCN(OCC(C)=O)c1ccccc1. The number of carbonyl (C=O) groups is 1. The van der Waals surface area contributed by atoms with Crippen LogP contribution >= 0.6 is 0 Å². The molecule has 0 aromatic heterocycles. The van der Waals surface area contributed by atoms with Gasteiger partial charge in [-0.3, -0.25) is 14.7 Å². The Kier molecular flexibility index (Phi) is 4.13. The van der Waals surface area contributed by atoms with E-state index in [1.54, 1.807) is 5.06 Å². The van der Waals surface area contributed by atoms with Gasteiger partial charge in [0.25, 0.3) is 0 Å². The highest BCUT2D eigenvalue weighted by atomic mass is 16.7. The summed E-state index contributed by atoms with van der Waals surface area (Å²) in [6.45, 7) is 4.34. The largest absolute Gasteiger partial charge is 0.297 e. The second kappa shape index (κ2) is 5.40. The smallest absolute Gasteiger partial charge is 0.158 e. The van der Waals surface area contributed by atoms with Gasteiger partial charge >= 0.3 is 0 Å². The van der Waals surface area contributed by atoms with Crippen molar-refractivity contribution < 1.29 is 9.63 Å². The average Bonchev–Trinajstić information content (AvgIpc) is 2.20. The first kappa shape index (κ1) is 10.7. The van der Waals surface area contributed by atoms with Crippen LogP contribution in [0.2, 0.25) is 0 Å². The van der Waals surface area contributed by atoms with E-state index in [9.17, 15) is 4.79 Å². The Bertz CT molecular complexity index is 285. The Balaban J connectivity index is 2.58. The van der Waals surface area contributed by atoms with Gasteiger partial charge in [-0.15, -0.1) is 0 Å². The zero-order chi connectivity index (χ0) is 10.4. The normalized spacial score (nSPS) is 9.86. The van der Waals surface area contributed by atoms with E-state index in [0.717, 1.165) is 12.2 Å². The van der Waals surface area contributed by atoms with Crippen molar-refractivity contribution in [3.8, 4) is 0 Å². The second-order valence-corrected chi connectivity index (χ2v) is 3.01. The number of hydroxylamine groups is 1. The molecule has 76 valence electrons. The second-order valence-electron chi connectivity index (χ2n) is 3.01. The van der Waals surface area contributed by atoms with Gasteiger partial charge in [-0.2, -0.15) is 0 Å². The topological polar surface area (TPSA) is 29.5 Å². The molecule has 0 aliphatic heterocycles. The molecule has 1 rings (SSSR count). The van der Waals surface area contributed by atoms with Crippen molar-refractivity contribution in [2.24, 2.45) is 0 Å². The molecule has 0 radical (unpaired) electrons. The number of ketones is 1. The lowest BCUT2D eigenvalue weighted by molar-refractivity contribution is -0.121. The summed E-state index contributed by atoms with van der Waals surface area (Å²) < 4.78 is 0. The molecule has 0 atom stereocenters. The van der Waals surface area contributed by atoms with Crippen molar-refractivity contribution in [1.82, 2.24) is 0 Å². The standard InChI is InChI=1S/C11H15NO2/c1-3-12(14-9-10(2)13)11-7-5-4-6-8-11/h4-8H,3,9H2,1-2H3. The van der Waals surface area contributed by atoms with Gasteiger partial charge in [0.05, 0.1) is 5.69 Å². The van der Waals surface area contributed by atoms with Crippen molar-refractivity contribution in [3.05, 3.63) is 30.3 Å². The number of rotatable bonds is 5. The lowest BCUT2D eigenvalue weighted by atomic mass is 10.3. The molecule has 0 aliphatic carbocycles. The van der Waals surface area contributed by atoms with Crippen molar-refractivity contribution in [2.45, 2.75) is 13.8 Å². The fraction of sp³-hybridized carbons (Fsp3) is 0.364. The predicted octanol–water partition coefficient (Wildman–Crippen LogP) is 2.03. The molecule has 0 aliphatic rings. The van der Waals surface area contributed by atoms with Gasteiger partial charge in [0, 0.05) is 6.54 Å². The van der Waals surface area contributed by atoms with Gasteiger partial charge in [-0.1, -0.05) is 18.2 Å². The van der Waals surface area contributed by atoms with Crippen molar-refractivity contribution in [1.29, 1.82) is 0 Å². The minimum absolute atomic E-state index is 0.0272. The van der Waals surface area contributed by atoms with Gasteiger partial charge < -0.3 is 0 Å². The molecule has 0 heterocycles. The van der Waals surface area contributed by atoms with E-state index in [4.69, 9.17) is 4.84 Å². The number of hydrogen-bond donors (Lipinski definition) is 0. The van der Waals surface area contributed by atoms with Crippen molar-refractivity contribution >= 4 is 11.5 Å². The molecular weight excluding hydrogens is 178 g/mol. The number of carbonyl (C=O) groups excluding carboxylic acids is 1. The molecular formula is C11H15NO2. The third-order valence-electron chi connectivity index (χ3n) is 1.76. The van der Waals surface area contributed by atoms with E-state index in [1.165, 1.54) is 6.92 Å². The molecule has 1 aromatic carbocycles. The zero-order valence-electron chi connectivity index (χ0n) is 8.56. The van der Waals surface area contributed by atoms with Crippen LogP contribution in [-0.2, 0) is 9.63 Å².